The van der Waals surface area contributed by atoms with E-state index < -0.39 is 23.5 Å². The van der Waals surface area contributed by atoms with Crippen LogP contribution < -0.4 is 5.73 Å². The van der Waals surface area contributed by atoms with E-state index in [1.807, 2.05) is 4.57 Å². The molecule has 1 aromatic heterocycles. The van der Waals surface area contributed by atoms with Crippen LogP contribution in [0.2, 0.25) is 0 Å². The van der Waals surface area contributed by atoms with Gasteiger partial charge in [-0.25, -0.2) is 13.8 Å². The van der Waals surface area contributed by atoms with Gasteiger partial charge in [-0.2, -0.15) is 0 Å². The SMILES string of the molecule is CC(C(N)=O)c1cn2c(n1)CC[C@H]2c1cc(F)ccc1F. The van der Waals surface area contributed by atoms with Gasteiger partial charge in [0.1, 0.15) is 17.5 Å². The highest BCUT2D eigenvalue weighted by Gasteiger charge is 2.29. The molecule has 2 atom stereocenters. The van der Waals surface area contributed by atoms with Crippen molar-refractivity contribution in [3.8, 4) is 0 Å². The lowest BCUT2D eigenvalue weighted by Crippen LogP contribution is -2.19. The molecule has 0 spiro atoms. The minimum absolute atomic E-state index is 0.294. The molecule has 1 aromatic carbocycles. The Labute approximate surface area is 120 Å². The number of imidazole rings is 1. The number of carbonyl (C=O) groups is 1. The van der Waals surface area contributed by atoms with Crippen LogP contribution in [-0.2, 0) is 11.2 Å². The number of rotatable bonds is 3. The number of amides is 1. The maximum absolute atomic E-state index is 13.9. The van der Waals surface area contributed by atoms with Crippen LogP contribution in [0.4, 0.5) is 8.78 Å². The monoisotopic (exact) mass is 291 g/mol. The van der Waals surface area contributed by atoms with Crippen LogP contribution in [0, 0.1) is 11.6 Å². The number of carbonyl (C=O) groups excluding carboxylic acids is 1. The van der Waals surface area contributed by atoms with Crippen molar-refractivity contribution in [2.24, 2.45) is 5.73 Å². The second-order valence-corrected chi connectivity index (χ2v) is 5.33. The van der Waals surface area contributed by atoms with Crippen molar-refractivity contribution in [2.75, 3.05) is 0 Å². The van der Waals surface area contributed by atoms with Crippen molar-refractivity contribution in [2.45, 2.75) is 31.7 Å². The van der Waals surface area contributed by atoms with Crippen molar-refractivity contribution in [3.63, 3.8) is 0 Å². The summed E-state index contributed by atoms with van der Waals surface area (Å²) in [6.07, 6.45) is 3.03. The molecule has 4 nitrogen and oxygen atoms in total. The Kier molecular flexibility index (Phi) is 3.23. The first kappa shape index (κ1) is 13.7. The average molecular weight is 291 g/mol. The number of nitrogens with zero attached hydrogens (tertiary/aromatic N) is 2. The molecule has 0 bridgehead atoms. The second kappa shape index (κ2) is 4.95. The highest BCUT2D eigenvalue weighted by atomic mass is 19.1. The molecule has 2 N–H and O–H groups in total. The lowest BCUT2D eigenvalue weighted by molar-refractivity contribution is -0.119. The molecule has 1 unspecified atom stereocenters. The zero-order valence-electron chi connectivity index (χ0n) is 11.5. The number of primary amides is 1. The molecular weight excluding hydrogens is 276 g/mol. The fraction of sp³-hybridized carbons (Fsp3) is 0.333. The summed E-state index contributed by atoms with van der Waals surface area (Å²) in [5.41, 5.74) is 6.16. The summed E-state index contributed by atoms with van der Waals surface area (Å²) in [5, 5.41) is 0. The van der Waals surface area contributed by atoms with E-state index in [-0.39, 0.29) is 6.04 Å². The Morgan fingerprint density at radius 1 is 1.48 bits per heavy atom. The maximum Gasteiger partial charge on any atom is 0.226 e. The van der Waals surface area contributed by atoms with Crippen molar-refractivity contribution in [1.82, 2.24) is 9.55 Å². The average Bonchev–Trinajstić information content (AvgIpc) is 3.00. The van der Waals surface area contributed by atoms with E-state index in [4.69, 9.17) is 5.73 Å². The van der Waals surface area contributed by atoms with E-state index in [9.17, 15) is 13.6 Å². The molecular formula is C15H15F2N3O. The summed E-state index contributed by atoms with van der Waals surface area (Å²) in [6, 6.07) is 3.15. The minimum atomic E-state index is -0.499. The van der Waals surface area contributed by atoms with E-state index >= 15 is 0 Å². The molecule has 0 radical (unpaired) electrons. The number of aromatic nitrogens is 2. The van der Waals surface area contributed by atoms with Gasteiger partial charge in [0, 0.05) is 18.2 Å². The normalized spacial score (nSPS) is 18.5. The van der Waals surface area contributed by atoms with Gasteiger partial charge in [0.05, 0.1) is 17.7 Å². The summed E-state index contributed by atoms with van der Waals surface area (Å²) in [6.45, 7) is 1.68. The molecule has 0 saturated heterocycles. The zero-order chi connectivity index (χ0) is 15.1. The molecule has 2 heterocycles. The number of hydrogen-bond donors (Lipinski definition) is 1. The van der Waals surface area contributed by atoms with Crippen LogP contribution in [0.3, 0.4) is 0 Å². The lowest BCUT2D eigenvalue weighted by Gasteiger charge is -2.14. The molecule has 0 fully saturated rings. The fourth-order valence-electron chi connectivity index (χ4n) is 2.74. The topological polar surface area (TPSA) is 60.9 Å². The van der Waals surface area contributed by atoms with Crippen molar-refractivity contribution in [3.05, 3.63) is 53.1 Å². The Bertz CT molecular complexity index is 711. The van der Waals surface area contributed by atoms with Gasteiger partial charge in [-0.3, -0.25) is 4.79 Å². The predicted molar refractivity (Wildman–Crippen MR) is 72.7 cm³/mol. The van der Waals surface area contributed by atoms with Crippen LogP contribution in [-0.4, -0.2) is 15.5 Å². The second-order valence-electron chi connectivity index (χ2n) is 5.33. The van der Waals surface area contributed by atoms with Gasteiger partial charge in [0.15, 0.2) is 0 Å². The molecule has 21 heavy (non-hydrogen) atoms. The van der Waals surface area contributed by atoms with Crippen LogP contribution in [0.25, 0.3) is 0 Å². The third-order valence-corrected chi connectivity index (χ3v) is 3.99. The quantitative estimate of drug-likeness (QED) is 0.943. The van der Waals surface area contributed by atoms with Crippen molar-refractivity contribution < 1.29 is 13.6 Å². The third kappa shape index (κ3) is 2.30. The first-order chi connectivity index (χ1) is 9.97. The number of benzene rings is 1. The van der Waals surface area contributed by atoms with Crippen LogP contribution in [0.1, 0.15) is 42.4 Å². The Hall–Kier alpha value is -2.24. The van der Waals surface area contributed by atoms with Crippen LogP contribution >= 0.6 is 0 Å². The number of fused-ring (bicyclic) bond motifs is 1. The molecule has 6 heteroatoms. The van der Waals surface area contributed by atoms with E-state index in [1.54, 1.807) is 13.1 Å². The van der Waals surface area contributed by atoms with Gasteiger partial charge >= 0.3 is 0 Å². The van der Waals surface area contributed by atoms with E-state index in [0.717, 1.165) is 18.0 Å². The fourth-order valence-corrected chi connectivity index (χ4v) is 2.74. The zero-order valence-corrected chi connectivity index (χ0v) is 11.5. The molecule has 3 rings (SSSR count). The highest BCUT2D eigenvalue weighted by molar-refractivity contribution is 5.80. The molecule has 1 aliphatic rings. The first-order valence-electron chi connectivity index (χ1n) is 6.79. The van der Waals surface area contributed by atoms with Gasteiger partial charge < -0.3 is 10.3 Å². The Morgan fingerprint density at radius 2 is 2.24 bits per heavy atom. The van der Waals surface area contributed by atoms with Crippen LogP contribution in [0.15, 0.2) is 24.4 Å². The number of nitrogens with two attached hydrogens (primary N) is 1. The van der Waals surface area contributed by atoms with E-state index in [2.05, 4.69) is 4.98 Å². The first-order valence-corrected chi connectivity index (χ1v) is 6.79. The van der Waals surface area contributed by atoms with Crippen LogP contribution in [0.5, 0.6) is 0 Å². The standard InChI is InChI=1S/C15H15F2N3O/c1-8(15(18)21)12-7-20-13(4-5-14(20)19-12)10-6-9(16)2-3-11(10)17/h2-3,6-8,13H,4-5H2,1H3,(H2,18,21)/t8?,13-/m0/s1. The number of hydrogen-bond acceptors (Lipinski definition) is 2. The van der Waals surface area contributed by atoms with Gasteiger partial charge in [0.2, 0.25) is 5.91 Å². The Morgan fingerprint density at radius 3 is 2.95 bits per heavy atom. The third-order valence-electron chi connectivity index (χ3n) is 3.99. The van der Waals surface area contributed by atoms with Gasteiger partial charge in [-0.05, 0) is 31.5 Å². The molecule has 1 amide bonds. The van der Waals surface area contributed by atoms with Crippen molar-refractivity contribution >= 4 is 5.91 Å². The molecule has 1 aliphatic heterocycles. The number of halogens is 2. The minimum Gasteiger partial charge on any atom is -0.369 e. The molecule has 0 aliphatic carbocycles. The van der Waals surface area contributed by atoms with E-state index in [1.165, 1.54) is 6.07 Å². The summed E-state index contributed by atoms with van der Waals surface area (Å²) >= 11 is 0. The smallest absolute Gasteiger partial charge is 0.226 e. The molecule has 110 valence electrons. The Balaban J connectivity index is 2.00. The lowest BCUT2D eigenvalue weighted by atomic mass is 10.0. The van der Waals surface area contributed by atoms with Gasteiger partial charge in [-0.15, -0.1) is 0 Å². The van der Waals surface area contributed by atoms with Gasteiger partial charge in [-0.1, -0.05) is 0 Å². The van der Waals surface area contributed by atoms with E-state index in [0.29, 0.717) is 24.1 Å². The largest absolute Gasteiger partial charge is 0.369 e. The molecule has 2 aromatic rings. The summed E-state index contributed by atoms with van der Waals surface area (Å²) in [5.74, 6) is -1.09. The number of aryl methyl sites for hydroxylation is 1. The highest BCUT2D eigenvalue weighted by Crippen LogP contribution is 2.34. The summed E-state index contributed by atoms with van der Waals surface area (Å²) in [4.78, 5) is 15.6. The summed E-state index contributed by atoms with van der Waals surface area (Å²) < 4.78 is 29.1. The molecule has 0 saturated carbocycles. The predicted octanol–water partition coefficient (Wildman–Crippen LogP) is 2.29. The van der Waals surface area contributed by atoms with Gasteiger partial charge in [0.25, 0.3) is 0 Å². The maximum atomic E-state index is 13.9. The summed E-state index contributed by atoms with van der Waals surface area (Å²) in [7, 11) is 0. The van der Waals surface area contributed by atoms with Crippen molar-refractivity contribution in [1.29, 1.82) is 0 Å².